The van der Waals surface area contributed by atoms with Crippen LogP contribution in [0.15, 0.2) is 4.99 Å². The molecule has 15 heavy (non-hydrogen) atoms. The molecule has 6 heteroatoms. The number of hydrogen-bond acceptors (Lipinski definition) is 3. The van der Waals surface area contributed by atoms with Gasteiger partial charge < -0.3 is 16.0 Å². The van der Waals surface area contributed by atoms with Gasteiger partial charge in [-0.05, 0) is 13.8 Å². The average Bonchev–Trinajstić information content (AvgIpc) is 2.31. The third-order valence-electron chi connectivity index (χ3n) is 2.16. The Morgan fingerprint density at radius 1 is 1.67 bits per heavy atom. The number of nitrogens with two attached hydrogens (primary N) is 1. The number of carbonyl (C=O) groups excluding carboxylic acids is 2. The summed E-state index contributed by atoms with van der Waals surface area (Å²) >= 11 is 0. The summed E-state index contributed by atoms with van der Waals surface area (Å²) in [6, 6.07) is -0.718. The molecule has 1 unspecified atom stereocenters. The average molecular weight is 212 g/mol. The smallest absolute Gasteiger partial charge is 0.345 e. The van der Waals surface area contributed by atoms with Crippen molar-refractivity contribution in [3.63, 3.8) is 0 Å². The van der Waals surface area contributed by atoms with Crippen molar-refractivity contribution in [1.82, 2.24) is 10.2 Å². The van der Waals surface area contributed by atoms with Crippen molar-refractivity contribution in [2.75, 3.05) is 7.05 Å². The molecule has 1 aliphatic heterocycles. The van der Waals surface area contributed by atoms with Gasteiger partial charge in [-0.15, -0.1) is 0 Å². The fraction of sp³-hybridized carbons (Fsp3) is 0.667. The van der Waals surface area contributed by atoms with E-state index in [-0.39, 0.29) is 24.2 Å². The molecule has 6 nitrogen and oxygen atoms in total. The van der Waals surface area contributed by atoms with Gasteiger partial charge in [0.25, 0.3) is 0 Å². The van der Waals surface area contributed by atoms with Crippen molar-refractivity contribution in [3.05, 3.63) is 0 Å². The standard InChI is InChI=1S/C9H16N4O2/c1-5(2)11-7(14)4-6-8(10)12-9(15)13(6)3/h5-6H,4H2,1-3H3,(H,11,14)(H2,10,12,15). The number of aliphatic imine (C=N–C) groups is 1. The lowest BCUT2D eigenvalue weighted by atomic mass is 10.1. The molecule has 1 aliphatic rings. The molecule has 0 aromatic heterocycles. The van der Waals surface area contributed by atoms with Gasteiger partial charge in [0, 0.05) is 13.1 Å². The molecule has 0 aromatic carbocycles. The van der Waals surface area contributed by atoms with Crippen LogP contribution in [-0.2, 0) is 4.79 Å². The zero-order valence-electron chi connectivity index (χ0n) is 9.15. The van der Waals surface area contributed by atoms with Crippen LogP contribution in [0.2, 0.25) is 0 Å². The van der Waals surface area contributed by atoms with Crippen molar-refractivity contribution >= 4 is 17.8 Å². The predicted molar refractivity (Wildman–Crippen MR) is 56.5 cm³/mol. The normalized spacial score (nSPS) is 20.8. The van der Waals surface area contributed by atoms with E-state index in [0.29, 0.717) is 0 Å². The van der Waals surface area contributed by atoms with Crippen LogP contribution in [0.25, 0.3) is 0 Å². The topological polar surface area (TPSA) is 87.8 Å². The Bertz CT molecular complexity index is 311. The highest BCUT2D eigenvalue weighted by Gasteiger charge is 2.31. The van der Waals surface area contributed by atoms with Crippen LogP contribution >= 0.6 is 0 Å². The van der Waals surface area contributed by atoms with E-state index in [1.165, 1.54) is 4.90 Å². The minimum Gasteiger partial charge on any atom is -0.385 e. The fourth-order valence-electron chi connectivity index (χ4n) is 1.39. The molecule has 0 aliphatic carbocycles. The minimum absolute atomic E-state index is 0.0815. The summed E-state index contributed by atoms with van der Waals surface area (Å²) in [4.78, 5) is 27.5. The summed E-state index contributed by atoms with van der Waals surface area (Å²) in [7, 11) is 1.58. The van der Waals surface area contributed by atoms with E-state index >= 15 is 0 Å². The molecule has 1 atom stereocenters. The number of likely N-dealkylation sites (N-methyl/N-ethyl adjacent to an activating group) is 1. The Morgan fingerprint density at radius 3 is 2.67 bits per heavy atom. The van der Waals surface area contributed by atoms with Gasteiger partial charge in [0.2, 0.25) is 5.91 Å². The number of nitrogens with zero attached hydrogens (tertiary/aromatic N) is 2. The molecule has 84 valence electrons. The van der Waals surface area contributed by atoms with E-state index in [9.17, 15) is 9.59 Å². The molecule has 0 saturated carbocycles. The number of hydrogen-bond donors (Lipinski definition) is 2. The number of amidine groups is 1. The zero-order valence-corrected chi connectivity index (χ0v) is 9.15. The summed E-state index contributed by atoms with van der Waals surface area (Å²) in [5, 5.41) is 2.74. The van der Waals surface area contributed by atoms with Gasteiger partial charge in [0.1, 0.15) is 5.84 Å². The Kier molecular flexibility index (Phi) is 3.28. The van der Waals surface area contributed by atoms with Crippen molar-refractivity contribution < 1.29 is 9.59 Å². The Labute approximate surface area is 88.5 Å². The second kappa shape index (κ2) is 4.29. The van der Waals surface area contributed by atoms with Crippen LogP contribution in [0.5, 0.6) is 0 Å². The van der Waals surface area contributed by atoms with E-state index in [1.807, 2.05) is 13.8 Å². The van der Waals surface area contributed by atoms with E-state index in [2.05, 4.69) is 10.3 Å². The van der Waals surface area contributed by atoms with Crippen LogP contribution in [0.4, 0.5) is 4.79 Å². The predicted octanol–water partition coefficient (Wildman–Crippen LogP) is -0.308. The van der Waals surface area contributed by atoms with E-state index in [0.717, 1.165) is 0 Å². The fourth-order valence-corrected chi connectivity index (χ4v) is 1.39. The maximum Gasteiger partial charge on any atom is 0.345 e. The number of amides is 3. The maximum absolute atomic E-state index is 11.4. The molecule has 3 amide bonds. The van der Waals surface area contributed by atoms with Crippen LogP contribution < -0.4 is 11.1 Å². The highest BCUT2D eigenvalue weighted by molar-refractivity contribution is 6.04. The summed E-state index contributed by atoms with van der Waals surface area (Å²) < 4.78 is 0. The second-order valence-corrected chi connectivity index (χ2v) is 3.87. The minimum atomic E-state index is -0.406. The largest absolute Gasteiger partial charge is 0.385 e. The highest BCUT2D eigenvalue weighted by atomic mass is 16.2. The molecule has 0 saturated heterocycles. The molecule has 0 spiro atoms. The highest BCUT2D eigenvalue weighted by Crippen LogP contribution is 2.11. The number of carbonyl (C=O) groups is 2. The van der Waals surface area contributed by atoms with Gasteiger partial charge in [-0.3, -0.25) is 4.79 Å². The second-order valence-electron chi connectivity index (χ2n) is 3.87. The SMILES string of the molecule is CC(C)NC(=O)CC1C(N)=NC(=O)N1C. The molecule has 1 rings (SSSR count). The summed E-state index contributed by atoms with van der Waals surface area (Å²) in [5.41, 5.74) is 5.55. The van der Waals surface area contributed by atoms with Gasteiger partial charge in [0.05, 0.1) is 12.5 Å². The van der Waals surface area contributed by atoms with Gasteiger partial charge in [-0.25, -0.2) is 4.79 Å². The van der Waals surface area contributed by atoms with Gasteiger partial charge in [-0.2, -0.15) is 4.99 Å². The lowest BCUT2D eigenvalue weighted by Gasteiger charge is -2.19. The zero-order chi connectivity index (χ0) is 11.6. The van der Waals surface area contributed by atoms with Crippen LogP contribution in [0.3, 0.4) is 0 Å². The summed E-state index contributed by atoms with van der Waals surface area (Å²) in [6.45, 7) is 3.75. The first-order valence-corrected chi connectivity index (χ1v) is 4.82. The Hall–Kier alpha value is -1.59. The summed E-state index contributed by atoms with van der Waals surface area (Å²) in [5.74, 6) is 0.0797. The first-order valence-electron chi connectivity index (χ1n) is 4.82. The number of urea groups is 1. The maximum atomic E-state index is 11.4. The monoisotopic (exact) mass is 212 g/mol. The Morgan fingerprint density at radius 2 is 2.27 bits per heavy atom. The van der Waals surface area contributed by atoms with Crippen molar-refractivity contribution in [3.8, 4) is 0 Å². The van der Waals surface area contributed by atoms with E-state index < -0.39 is 12.1 Å². The van der Waals surface area contributed by atoms with Crippen molar-refractivity contribution in [2.45, 2.75) is 32.4 Å². The molecule has 0 radical (unpaired) electrons. The van der Waals surface area contributed by atoms with Crippen LogP contribution in [0, 0.1) is 0 Å². The third kappa shape index (κ3) is 2.68. The molecular weight excluding hydrogens is 196 g/mol. The van der Waals surface area contributed by atoms with Gasteiger partial charge in [-0.1, -0.05) is 0 Å². The first kappa shape index (κ1) is 11.5. The first-order chi connectivity index (χ1) is 6.91. The molecular formula is C9H16N4O2. The van der Waals surface area contributed by atoms with E-state index in [1.54, 1.807) is 7.05 Å². The molecule has 0 bridgehead atoms. The quantitative estimate of drug-likeness (QED) is 0.672. The molecule has 0 fully saturated rings. The van der Waals surface area contributed by atoms with Crippen LogP contribution in [-0.4, -0.2) is 41.8 Å². The number of rotatable bonds is 3. The lowest BCUT2D eigenvalue weighted by Crippen LogP contribution is -2.43. The number of nitrogens with one attached hydrogen (secondary N) is 1. The van der Waals surface area contributed by atoms with E-state index in [4.69, 9.17) is 5.73 Å². The molecule has 1 heterocycles. The van der Waals surface area contributed by atoms with Crippen molar-refractivity contribution in [2.24, 2.45) is 10.7 Å². The summed E-state index contributed by atoms with van der Waals surface area (Å²) in [6.07, 6.45) is 0.162. The van der Waals surface area contributed by atoms with Gasteiger partial charge in [0.15, 0.2) is 0 Å². The Balaban J connectivity index is 2.56. The van der Waals surface area contributed by atoms with Gasteiger partial charge >= 0.3 is 6.03 Å². The molecule has 0 aromatic rings. The van der Waals surface area contributed by atoms with Crippen LogP contribution in [0.1, 0.15) is 20.3 Å². The molecule has 3 N–H and O–H groups in total. The lowest BCUT2D eigenvalue weighted by molar-refractivity contribution is -0.122. The third-order valence-corrected chi connectivity index (χ3v) is 2.16. The van der Waals surface area contributed by atoms with Crippen molar-refractivity contribution in [1.29, 1.82) is 0 Å².